The molecule has 2 rings (SSSR count). The molecule has 0 heterocycles. The summed E-state index contributed by atoms with van der Waals surface area (Å²) in [7, 11) is 1.12. The van der Waals surface area contributed by atoms with E-state index in [9.17, 15) is 17.6 Å². The van der Waals surface area contributed by atoms with Crippen LogP contribution in [0.25, 0.3) is 0 Å². The Morgan fingerprint density at radius 3 is 2.33 bits per heavy atom. The molecule has 6 nitrogen and oxygen atoms in total. The van der Waals surface area contributed by atoms with Gasteiger partial charge in [0.25, 0.3) is 0 Å². The number of amides is 1. The van der Waals surface area contributed by atoms with Crippen molar-refractivity contribution in [3.8, 4) is 0 Å². The Morgan fingerprint density at radius 1 is 1.11 bits per heavy atom. The van der Waals surface area contributed by atoms with E-state index in [0.29, 0.717) is 5.69 Å². The molecule has 0 spiro atoms. The van der Waals surface area contributed by atoms with Crippen LogP contribution in [0.2, 0.25) is 0 Å². The number of rotatable bonds is 7. The Morgan fingerprint density at radius 2 is 1.74 bits per heavy atom. The highest BCUT2D eigenvalue weighted by molar-refractivity contribution is 7.89. The predicted octanol–water partition coefficient (Wildman–Crippen LogP) is 2.71. The molecule has 146 valence electrons. The van der Waals surface area contributed by atoms with Crippen LogP contribution in [-0.4, -0.2) is 51.2 Å². The van der Waals surface area contributed by atoms with Crippen LogP contribution in [0.3, 0.4) is 0 Å². The van der Waals surface area contributed by atoms with E-state index in [4.69, 9.17) is 0 Å². The van der Waals surface area contributed by atoms with Crippen LogP contribution < -0.4 is 5.32 Å². The lowest BCUT2D eigenvalue weighted by molar-refractivity contribution is -0.117. The quantitative estimate of drug-likeness (QED) is 0.785. The van der Waals surface area contributed by atoms with Crippen molar-refractivity contribution in [3.05, 3.63) is 59.9 Å². The largest absolute Gasteiger partial charge is 0.325 e. The minimum absolute atomic E-state index is 0.0863. The van der Waals surface area contributed by atoms with Crippen LogP contribution in [0.1, 0.15) is 18.5 Å². The lowest BCUT2D eigenvalue weighted by atomic mass is 10.1. The summed E-state index contributed by atoms with van der Waals surface area (Å²) in [5.41, 5.74) is 1.30. The number of carbonyl (C=O) groups excluding carboxylic acids is 1. The maximum atomic E-state index is 13.0. The lowest BCUT2D eigenvalue weighted by Crippen LogP contribution is -2.32. The SMILES string of the molecule is CC(c1ccc(F)cc1)N(C)CC(=O)Nc1cccc(S(=O)(=O)N(C)C)c1. The van der Waals surface area contributed by atoms with Gasteiger partial charge in [-0.15, -0.1) is 0 Å². The first-order valence-electron chi connectivity index (χ1n) is 8.39. The van der Waals surface area contributed by atoms with E-state index >= 15 is 0 Å². The number of nitrogens with one attached hydrogen (secondary N) is 1. The second-order valence-electron chi connectivity index (χ2n) is 6.51. The van der Waals surface area contributed by atoms with Gasteiger partial charge in [-0.2, -0.15) is 0 Å². The van der Waals surface area contributed by atoms with Gasteiger partial charge in [0.15, 0.2) is 0 Å². The van der Waals surface area contributed by atoms with E-state index in [-0.39, 0.29) is 29.2 Å². The fraction of sp³-hybridized carbons (Fsp3) is 0.316. The number of benzene rings is 2. The summed E-state index contributed by atoms with van der Waals surface area (Å²) in [6, 6.07) is 12.2. The molecule has 0 fully saturated rings. The van der Waals surface area contributed by atoms with Crippen molar-refractivity contribution in [2.75, 3.05) is 33.0 Å². The minimum Gasteiger partial charge on any atom is -0.325 e. The highest BCUT2D eigenvalue weighted by Crippen LogP contribution is 2.20. The summed E-state index contributed by atoms with van der Waals surface area (Å²) < 4.78 is 38.6. The van der Waals surface area contributed by atoms with E-state index in [2.05, 4.69) is 5.32 Å². The van der Waals surface area contributed by atoms with Crippen molar-refractivity contribution < 1.29 is 17.6 Å². The normalized spacial score (nSPS) is 13.0. The predicted molar refractivity (Wildman–Crippen MR) is 103 cm³/mol. The number of nitrogens with zero attached hydrogens (tertiary/aromatic N) is 2. The van der Waals surface area contributed by atoms with Crippen molar-refractivity contribution in [1.29, 1.82) is 0 Å². The first kappa shape index (κ1) is 21.0. The van der Waals surface area contributed by atoms with Gasteiger partial charge in [-0.25, -0.2) is 17.1 Å². The second kappa shape index (κ2) is 8.60. The first-order chi connectivity index (χ1) is 12.6. The van der Waals surface area contributed by atoms with Gasteiger partial charge < -0.3 is 5.32 Å². The van der Waals surface area contributed by atoms with Crippen LogP contribution in [0.15, 0.2) is 53.4 Å². The third-order valence-electron chi connectivity index (χ3n) is 4.30. The van der Waals surface area contributed by atoms with Crippen LogP contribution in [0, 0.1) is 5.82 Å². The molecule has 0 radical (unpaired) electrons. The maximum Gasteiger partial charge on any atom is 0.242 e. The Labute approximate surface area is 159 Å². The minimum atomic E-state index is -3.57. The van der Waals surface area contributed by atoms with Crippen molar-refractivity contribution in [2.24, 2.45) is 0 Å². The molecule has 0 aromatic heterocycles. The van der Waals surface area contributed by atoms with Gasteiger partial charge >= 0.3 is 0 Å². The number of anilines is 1. The van der Waals surface area contributed by atoms with Crippen molar-refractivity contribution in [1.82, 2.24) is 9.21 Å². The summed E-state index contributed by atoms with van der Waals surface area (Å²) in [4.78, 5) is 14.3. The summed E-state index contributed by atoms with van der Waals surface area (Å²) in [6.07, 6.45) is 0. The van der Waals surface area contributed by atoms with Gasteiger partial charge in [0, 0.05) is 25.8 Å². The molecule has 0 aliphatic rings. The topological polar surface area (TPSA) is 69.7 Å². The molecule has 0 aliphatic heterocycles. The molecule has 1 amide bonds. The molecule has 1 N–H and O–H groups in total. The fourth-order valence-corrected chi connectivity index (χ4v) is 3.45. The molecule has 1 atom stereocenters. The Hall–Kier alpha value is -2.29. The number of hydrogen-bond donors (Lipinski definition) is 1. The molecule has 0 aliphatic carbocycles. The van der Waals surface area contributed by atoms with E-state index < -0.39 is 10.0 Å². The van der Waals surface area contributed by atoms with Crippen LogP contribution in [0.4, 0.5) is 10.1 Å². The van der Waals surface area contributed by atoms with E-state index in [1.165, 1.54) is 38.4 Å². The molecule has 2 aromatic carbocycles. The third-order valence-corrected chi connectivity index (χ3v) is 6.11. The van der Waals surface area contributed by atoms with Crippen LogP contribution in [-0.2, 0) is 14.8 Å². The molecule has 0 saturated carbocycles. The Kier molecular flexibility index (Phi) is 6.69. The zero-order valence-electron chi connectivity index (χ0n) is 15.8. The molecule has 8 heteroatoms. The molecular weight excluding hydrogens is 369 g/mol. The number of carbonyl (C=O) groups is 1. The number of hydrogen-bond acceptors (Lipinski definition) is 4. The van der Waals surface area contributed by atoms with E-state index in [0.717, 1.165) is 9.87 Å². The zero-order valence-corrected chi connectivity index (χ0v) is 16.6. The Bertz CT molecular complexity index is 899. The second-order valence-corrected chi connectivity index (χ2v) is 8.66. The van der Waals surface area contributed by atoms with Crippen LogP contribution in [0.5, 0.6) is 0 Å². The summed E-state index contributed by atoms with van der Waals surface area (Å²) in [6.45, 7) is 2.02. The van der Waals surface area contributed by atoms with Gasteiger partial charge in [0.1, 0.15) is 5.82 Å². The Balaban J connectivity index is 2.04. The summed E-state index contributed by atoms with van der Waals surface area (Å²) >= 11 is 0. The molecule has 0 saturated heterocycles. The molecule has 1 unspecified atom stereocenters. The summed E-state index contributed by atoms with van der Waals surface area (Å²) in [5, 5.41) is 2.72. The van der Waals surface area contributed by atoms with Gasteiger partial charge in [-0.05, 0) is 49.9 Å². The van der Waals surface area contributed by atoms with Crippen LogP contribution >= 0.6 is 0 Å². The van der Waals surface area contributed by atoms with E-state index in [1.54, 1.807) is 31.3 Å². The summed E-state index contributed by atoms with van der Waals surface area (Å²) in [5.74, 6) is -0.579. The van der Waals surface area contributed by atoms with Gasteiger partial charge in [-0.1, -0.05) is 18.2 Å². The highest BCUT2D eigenvalue weighted by atomic mass is 32.2. The van der Waals surface area contributed by atoms with Crippen molar-refractivity contribution in [3.63, 3.8) is 0 Å². The standard InChI is InChI=1S/C19H24FN3O3S/c1-14(15-8-10-16(20)11-9-15)23(4)13-19(24)21-17-6-5-7-18(12-17)27(25,26)22(2)3/h5-12,14H,13H2,1-4H3,(H,21,24). The van der Waals surface area contributed by atoms with Gasteiger partial charge in [-0.3, -0.25) is 9.69 Å². The molecule has 2 aromatic rings. The van der Waals surface area contributed by atoms with Gasteiger partial charge in [0.2, 0.25) is 15.9 Å². The van der Waals surface area contributed by atoms with Crippen molar-refractivity contribution >= 4 is 21.6 Å². The molecular formula is C19H24FN3O3S. The molecule has 0 bridgehead atoms. The van der Waals surface area contributed by atoms with Crippen molar-refractivity contribution in [2.45, 2.75) is 17.9 Å². The lowest BCUT2D eigenvalue weighted by Gasteiger charge is -2.24. The van der Waals surface area contributed by atoms with Gasteiger partial charge in [0.05, 0.1) is 11.4 Å². The average Bonchev–Trinajstić information content (AvgIpc) is 2.61. The molecule has 27 heavy (non-hydrogen) atoms. The van der Waals surface area contributed by atoms with E-state index in [1.807, 2.05) is 11.8 Å². The smallest absolute Gasteiger partial charge is 0.242 e. The number of likely N-dealkylation sites (N-methyl/N-ethyl adjacent to an activating group) is 1. The maximum absolute atomic E-state index is 13.0. The highest BCUT2D eigenvalue weighted by Gasteiger charge is 2.19. The zero-order chi connectivity index (χ0) is 20.2. The third kappa shape index (κ3) is 5.35. The average molecular weight is 393 g/mol. The fourth-order valence-electron chi connectivity index (χ4n) is 2.50. The first-order valence-corrected chi connectivity index (χ1v) is 9.83. The monoisotopic (exact) mass is 393 g/mol. The number of halogens is 1. The number of sulfonamides is 1.